The van der Waals surface area contributed by atoms with E-state index in [4.69, 9.17) is 9.84 Å². The van der Waals surface area contributed by atoms with Gasteiger partial charge in [-0.25, -0.2) is 0 Å². The van der Waals surface area contributed by atoms with Gasteiger partial charge in [-0.15, -0.1) is 0 Å². The molecule has 8 nitrogen and oxygen atoms in total. The zero-order valence-corrected chi connectivity index (χ0v) is 12.3. The molecule has 2 aliphatic heterocycles. The second-order valence-electron chi connectivity index (χ2n) is 5.16. The van der Waals surface area contributed by atoms with E-state index in [2.05, 4.69) is 10.6 Å². The number of carbonyl (C=O) groups excluding carboxylic acids is 3. The van der Waals surface area contributed by atoms with Gasteiger partial charge in [0, 0.05) is 11.8 Å². The first-order valence-electron chi connectivity index (χ1n) is 7.06. The Morgan fingerprint density at radius 1 is 1.35 bits per heavy atom. The Morgan fingerprint density at radius 3 is 2.87 bits per heavy atom. The fourth-order valence-corrected chi connectivity index (χ4v) is 2.35. The van der Waals surface area contributed by atoms with Gasteiger partial charge in [-0.05, 0) is 25.1 Å². The molecule has 8 heteroatoms. The minimum atomic E-state index is -0.565. The third kappa shape index (κ3) is 2.76. The van der Waals surface area contributed by atoms with Crippen LogP contribution in [0.1, 0.15) is 6.92 Å². The van der Waals surface area contributed by atoms with Gasteiger partial charge < -0.3 is 20.5 Å². The van der Waals surface area contributed by atoms with E-state index in [0.717, 1.165) is 4.90 Å². The molecule has 3 amide bonds. The number of imide groups is 1. The lowest BCUT2D eigenvalue weighted by atomic mass is 10.2. The Kier molecular flexibility index (Phi) is 3.75. The molecule has 3 N–H and O–H groups in total. The van der Waals surface area contributed by atoms with Crippen LogP contribution in [0.3, 0.4) is 0 Å². The Bertz CT molecular complexity index is 728. The molecular formula is C15H15N3O5. The first-order valence-corrected chi connectivity index (χ1v) is 7.06. The van der Waals surface area contributed by atoms with Crippen molar-refractivity contribution in [3.05, 3.63) is 30.0 Å². The average Bonchev–Trinajstić information content (AvgIpc) is 2.77. The van der Waals surface area contributed by atoms with Crippen molar-refractivity contribution in [2.24, 2.45) is 0 Å². The normalized spacial score (nSPS) is 19.9. The van der Waals surface area contributed by atoms with Crippen molar-refractivity contribution in [3.8, 4) is 5.75 Å². The maximum Gasteiger partial charge on any atom is 0.277 e. The van der Waals surface area contributed by atoms with Gasteiger partial charge in [0.2, 0.25) is 0 Å². The molecule has 0 saturated heterocycles. The third-order valence-electron chi connectivity index (χ3n) is 3.52. The van der Waals surface area contributed by atoms with Crippen LogP contribution < -0.4 is 15.4 Å². The number of aliphatic hydroxyl groups excluding tert-OH is 1. The van der Waals surface area contributed by atoms with Crippen LogP contribution in [0.2, 0.25) is 0 Å². The first-order chi connectivity index (χ1) is 11.0. The van der Waals surface area contributed by atoms with Gasteiger partial charge in [0.15, 0.2) is 6.10 Å². The molecule has 1 aromatic rings. The Morgan fingerprint density at radius 2 is 2.13 bits per heavy atom. The van der Waals surface area contributed by atoms with Crippen molar-refractivity contribution in [1.29, 1.82) is 0 Å². The van der Waals surface area contributed by atoms with Crippen LogP contribution in [-0.2, 0) is 14.4 Å². The number of amides is 3. The molecule has 0 aromatic heterocycles. The number of hydrogen-bond donors (Lipinski definition) is 3. The number of nitrogens with one attached hydrogen (secondary N) is 2. The standard InChI is InChI=1S/C15H15N3O5/c1-8-14(21)17-10-6-9(2-3-12(10)23-8)16-11-7-13(20)18(4-5-19)15(11)22/h2-3,6-8,16,19H,4-5H2,1H3,(H,17,21). The van der Waals surface area contributed by atoms with Gasteiger partial charge in [0.25, 0.3) is 17.7 Å². The Labute approximate surface area is 131 Å². The van der Waals surface area contributed by atoms with Crippen LogP contribution in [0.4, 0.5) is 11.4 Å². The maximum absolute atomic E-state index is 12.1. The number of β-amino-alcohol motifs (C(OH)–C–C–N with tert-alkyl or cyclic N) is 1. The quantitative estimate of drug-likeness (QED) is 0.678. The lowest BCUT2D eigenvalue weighted by Crippen LogP contribution is -2.34. The highest BCUT2D eigenvalue weighted by atomic mass is 16.5. The molecule has 1 aromatic carbocycles. The van der Waals surface area contributed by atoms with Gasteiger partial charge in [-0.3, -0.25) is 19.3 Å². The van der Waals surface area contributed by atoms with Crippen LogP contribution in [0, 0.1) is 0 Å². The molecule has 0 bridgehead atoms. The number of rotatable bonds is 4. The highest BCUT2D eigenvalue weighted by Crippen LogP contribution is 2.32. The van der Waals surface area contributed by atoms with Gasteiger partial charge in [-0.1, -0.05) is 0 Å². The summed E-state index contributed by atoms with van der Waals surface area (Å²) in [6.45, 7) is 1.30. The number of anilines is 2. The van der Waals surface area contributed by atoms with Crippen molar-refractivity contribution >= 4 is 29.1 Å². The third-order valence-corrected chi connectivity index (χ3v) is 3.52. The SMILES string of the molecule is CC1Oc2ccc(NC3=CC(=O)N(CCO)C3=O)cc2NC1=O. The lowest BCUT2D eigenvalue weighted by Gasteiger charge is -2.23. The average molecular weight is 317 g/mol. The van der Waals surface area contributed by atoms with E-state index in [9.17, 15) is 14.4 Å². The largest absolute Gasteiger partial charge is 0.479 e. The molecule has 0 aliphatic carbocycles. The molecule has 23 heavy (non-hydrogen) atoms. The first kappa shape index (κ1) is 15.0. The molecule has 1 atom stereocenters. The van der Waals surface area contributed by atoms with Crippen molar-refractivity contribution < 1.29 is 24.2 Å². The molecule has 3 rings (SSSR count). The molecule has 1 unspecified atom stereocenters. The minimum absolute atomic E-state index is 0.0503. The van der Waals surface area contributed by atoms with Crippen LogP contribution in [0.25, 0.3) is 0 Å². The number of carbonyl (C=O) groups is 3. The van der Waals surface area contributed by atoms with Gasteiger partial charge >= 0.3 is 0 Å². The van der Waals surface area contributed by atoms with E-state index < -0.39 is 17.9 Å². The summed E-state index contributed by atoms with van der Waals surface area (Å²) in [4.78, 5) is 36.3. The van der Waals surface area contributed by atoms with E-state index in [0.29, 0.717) is 17.1 Å². The second-order valence-corrected chi connectivity index (χ2v) is 5.16. The summed E-state index contributed by atoms with van der Waals surface area (Å²) >= 11 is 0. The fraction of sp³-hybridized carbons (Fsp3) is 0.267. The van der Waals surface area contributed by atoms with Crippen molar-refractivity contribution in [2.45, 2.75) is 13.0 Å². The van der Waals surface area contributed by atoms with E-state index in [1.54, 1.807) is 25.1 Å². The zero-order chi connectivity index (χ0) is 16.6. The molecule has 2 aliphatic rings. The predicted octanol–water partition coefficient (Wildman–Crippen LogP) is 0.0629. The number of nitrogens with zero attached hydrogens (tertiary/aromatic N) is 1. The number of ether oxygens (including phenoxy) is 1. The van der Waals surface area contributed by atoms with Crippen molar-refractivity contribution in [2.75, 3.05) is 23.8 Å². The van der Waals surface area contributed by atoms with Crippen LogP contribution >= 0.6 is 0 Å². The van der Waals surface area contributed by atoms with Crippen molar-refractivity contribution in [3.63, 3.8) is 0 Å². The van der Waals surface area contributed by atoms with Crippen LogP contribution in [0.15, 0.2) is 30.0 Å². The van der Waals surface area contributed by atoms with Crippen LogP contribution in [0.5, 0.6) is 5.75 Å². The summed E-state index contributed by atoms with van der Waals surface area (Å²) in [6, 6.07) is 4.96. The van der Waals surface area contributed by atoms with Gasteiger partial charge in [0.05, 0.1) is 18.8 Å². The molecule has 0 fully saturated rings. The lowest BCUT2D eigenvalue weighted by molar-refractivity contribution is -0.137. The molecule has 120 valence electrons. The van der Waals surface area contributed by atoms with Gasteiger partial charge in [0.1, 0.15) is 11.4 Å². The molecule has 0 saturated carbocycles. The van der Waals surface area contributed by atoms with E-state index >= 15 is 0 Å². The molecule has 0 spiro atoms. The summed E-state index contributed by atoms with van der Waals surface area (Å²) in [5.74, 6) is -0.701. The van der Waals surface area contributed by atoms with E-state index in [-0.39, 0.29) is 24.8 Å². The number of fused-ring (bicyclic) bond motifs is 1. The molecule has 0 radical (unpaired) electrons. The highest BCUT2D eigenvalue weighted by molar-refractivity contribution is 6.17. The summed E-state index contributed by atoms with van der Waals surface area (Å²) in [6.07, 6.45) is 0.610. The topological polar surface area (TPSA) is 108 Å². The maximum atomic E-state index is 12.1. The predicted molar refractivity (Wildman–Crippen MR) is 80.7 cm³/mol. The number of aliphatic hydroxyl groups is 1. The zero-order valence-electron chi connectivity index (χ0n) is 12.3. The Balaban J connectivity index is 1.78. The highest BCUT2D eigenvalue weighted by Gasteiger charge is 2.31. The minimum Gasteiger partial charge on any atom is -0.479 e. The Hall–Kier alpha value is -2.87. The number of benzene rings is 1. The summed E-state index contributed by atoms with van der Waals surface area (Å²) in [5.41, 5.74) is 1.13. The van der Waals surface area contributed by atoms with E-state index in [1.165, 1.54) is 6.08 Å². The van der Waals surface area contributed by atoms with Crippen LogP contribution in [-0.4, -0.2) is 47.0 Å². The van der Waals surface area contributed by atoms with E-state index in [1.807, 2.05) is 0 Å². The summed E-state index contributed by atoms with van der Waals surface area (Å²) in [5, 5.41) is 14.4. The summed E-state index contributed by atoms with van der Waals surface area (Å²) in [7, 11) is 0. The van der Waals surface area contributed by atoms with Crippen molar-refractivity contribution in [1.82, 2.24) is 4.90 Å². The monoisotopic (exact) mass is 317 g/mol. The smallest absolute Gasteiger partial charge is 0.277 e. The van der Waals surface area contributed by atoms with Gasteiger partial charge in [-0.2, -0.15) is 0 Å². The number of hydrogen-bond acceptors (Lipinski definition) is 6. The molecule has 2 heterocycles. The second kappa shape index (κ2) is 5.73. The molecular weight excluding hydrogens is 302 g/mol. The fourth-order valence-electron chi connectivity index (χ4n) is 2.35. The summed E-state index contributed by atoms with van der Waals surface area (Å²) < 4.78 is 5.44.